The summed E-state index contributed by atoms with van der Waals surface area (Å²) >= 11 is 12.0. The van der Waals surface area contributed by atoms with E-state index in [4.69, 9.17) is 28.9 Å². The fraction of sp³-hybridized carbons (Fsp3) is 0.0556. The number of nitrogens with two attached hydrogens (primary N) is 1. The summed E-state index contributed by atoms with van der Waals surface area (Å²) in [5.74, 6) is -1.50. The van der Waals surface area contributed by atoms with Crippen molar-refractivity contribution < 1.29 is 19.5 Å². The highest BCUT2D eigenvalue weighted by Crippen LogP contribution is 2.34. The van der Waals surface area contributed by atoms with Crippen molar-refractivity contribution in [1.82, 2.24) is 4.57 Å². The van der Waals surface area contributed by atoms with Gasteiger partial charge in [0.1, 0.15) is 5.56 Å². The molecule has 0 unspecified atom stereocenters. The van der Waals surface area contributed by atoms with E-state index >= 15 is 0 Å². The van der Waals surface area contributed by atoms with Crippen LogP contribution in [0.25, 0.3) is 10.9 Å². The van der Waals surface area contributed by atoms with Gasteiger partial charge in [0, 0.05) is 16.0 Å². The van der Waals surface area contributed by atoms with Crippen molar-refractivity contribution >= 4 is 57.5 Å². The number of amides is 2. The summed E-state index contributed by atoms with van der Waals surface area (Å²) in [5.41, 5.74) is 5.96. The Morgan fingerprint density at radius 3 is 2.41 bits per heavy atom. The third-order valence-electron chi connectivity index (χ3n) is 3.98. The largest absolute Gasteiger partial charge is 0.494 e. The van der Waals surface area contributed by atoms with Crippen LogP contribution in [0.4, 0.5) is 10.5 Å². The van der Waals surface area contributed by atoms with E-state index < -0.39 is 17.8 Å². The number of halogens is 2. The summed E-state index contributed by atoms with van der Waals surface area (Å²) in [4.78, 5) is 35.8. The van der Waals surface area contributed by atoms with Gasteiger partial charge in [0.05, 0.1) is 16.2 Å². The number of anilines is 1. The van der Waals surface area contributed by atoms with Crippen LogP contribution in [0.1, 0.15) is 27.6 Å². The van der Waals surface area contributed by atoms with Crippen molar-refractivity contribution in [1.29, 1.82) is 0 Å². The number of aromatic nitrogens is 1. The average molecular weight is 406 g/mol. The van der Waals surface area contributed by atoms with Crippen molar-refractivity contribution in [2.75, 3.05) is 5.32 Å². The molecule has 3 rings (SSSR count). The first kappa shape index (κ1) is 18.8. The van der Waals surface area contributed by atoms with E-state index in [0.717, 1.165) is 4.57 Å². The Hall–Kier alpha value is -3.03. The molecule has 0 bridgehead atoms. The average Bonchev–Trinajstić information content (AvgIpc) is 2.87. The molecule has 1 aromatic heterocycles. The van der Waals surface area contributed by atoms with E-state index in [1.54, 1.807) is 0 Å². The van der Waals surface area contributed by atoms with Gasteiger partial charge in [0.2, 0.25) is 5.88 Å². The van der Waals surface area contributed by atoms with E-state index in [-0.39, 0.29) is 33.0 Å². The number of fused-ring (bicyclic) bond motifs is 1. The summed E-state index contributed by atoms with van der Waals surface area (Å²) in [6.07, 6.45) is 0. The number of nitrogens with zero attached hydrogens (tertiary/aromatic N) is 1. The molecule has 0 aliphatic heterocycles. The molecule has 0 atom stereocenters. The van der Waals surface area contributed by atoms with Gasteiger partial charge in [-0.3, -0.25) is 9.59 Å². The quantitative estimate of drug-likeness (QED) is 0.570. The lowest BCUT2D eigenvalue weighted by Crippen LogP contribution is -2.19. The fourth-order valence-electron chi connectivity index (χ4n) is 2.71. The monoisotopic (exact) mass is 405 g/mol. The summed E-state index contributed by atoms with van der Waals surface area (Å²) in [6.45, 7) is 1.39. The van der Waals surface area contributed by atoms with Crippen LogP contribution in [0.3, 0.4) is 0 Å². The molecule has 0 fully saturated rings. The first-order chi connectivity index (χ1) is 12.7. The van der Waals surface area contributed by atoms with Crippen LogP contribution in [0.15, 0.2) is 36.4 Å². The molecule has 0 radical (unpaired) electrons. The zero-order valence-corrected chi connectivity index (χ0v) is 15.4. The Morgan fingerprint density at radius 2 is 1.81 bits per heavy atom. The topological polar surface area (TPSA) is 114 Å². The highest BCUT2D eigenvalue weighted by Gasteiger charge is 2.25. The molecule has 4 N–H and O–H groups in total. The second-order valence-electron chi connectivity index (χ2n) is 5.74. The zero-order chi connectivity index (χ0) is 19.9. The van der Waals surface area contributed by atoms with E-state index in [9.17, 15) is 19.5 Å². The number of carbonyl (C=O) groups is 3. The number of rotatable bonds is 3. The van der Waals surface area contributed by atoms with Crippen LogP contribution < -0.4 is 11.1 Å². The molecule has 0 saturated carbocycles. The number of Topliss-reactive ketones (excluding diaryl/α,β-unsaturated/α-hetero) is 1. The maximum Gasteiger partial charge on any atom is 0.326 e. The van der Waals surface area contributed by atoms with Gasteiger partial charge in [-0.15, -0.1) is 0 Å². The van der Waals surface area contributed by atoms with Crippen molar-refractivity contribution in [2.45, 2.75) is 6.92 Å². The highest BCUT2D eigenvalue weighted by molar-refractivity contribution is 6.34. The SMILES string of the molecule is CC(=O)c1ccc(NC(=O)c2c(O)n(C(N)=O)c3cc(Cl)ccc23)c(Cl)c1. The summed E-state index contributed by atoms with van der Waals surface area (Å²) in [5, 5.41) is 13.7. The van der Waals surface area contributed by atoms with Gasteiger partial charge in [0.25, 0.3) is 5.91 Å². The van der Waals surface area contributed by atoms with Gasteiger partial charge < -0.3 is 16.2 Å². The van der Waals surface area contributed by atoms with Crippen LogP contribution in [0.5, 0.6) is 5.88 Å². The standard InChI is InChI=1S/C18H13Cl2N3O4/c1-8(24)9-2-5-13(12(20)6-9)22-16(25)15-11-4-3-10(19)7-14(11)23(17(15)26)18(21)27/h2-7,26H,1H3,(H2,21,27)(H,22,25). The molecule has 2 aromatic carbocycles. The minimum atomic E-state index is -0.970. The molecule has 0 spiro atoms. The molecule has 1 heterocycles. The Bertz CT molecular complexity index is 1120. The number of primary amides is 1. The molecule has 0 aliphatic carbocycles. The molecule has 138 valence electrons. The van der Waals surface area contributed by atoms with Gasteiger partial charge in [0.15, 0.2) is 5.78 Å². The second-order valence-corrected chi connectivity index (χ2v) is 6.58. The van der Waals surface area contributed by atoms with E-state index in [1.807, 2.05) is 0 Å². The molecule has 7 nitrogen and oxygen atoms in total. The lowest BCUT2D eigenvalue weighted by molar-refractivity contribution is 0.101. The smallest absolute Gasteiger partial charge is 0.326 e. The minimum Gasteiger partial charge on any atom is -0.494 e. The number of benzene rings is 2. The van der Waals surface area contributed by atoms with Gasteiger partial charge in [-0.2, -0.15) is 0 Å². The first-order valence-corrected chi connectivity index (χ1v) is 8.41. The Balaban J connectivity index is 2.08. The third kappa shape index (κ3) is 3.34. The molecule has 3 aromatic rings. The molecule has 27 heavy (non-hydrogen) atoms. The fourth-order valence-corrected chi connectivity index (χ4v) is 3.11. The molecular formula is C18H13Cl2N3O4. The summed E-state index contributed by atoms with van der Waals surface area (Å²) < 4.78 is 0.788. The number of hydrogen-bond donors (Lipinski definition) is 3. The maximum absolute atomic E-state index is 12.7. The summed E-state index contributed by atoms with van der Waals surface area (Å²) in [6, 6.07) is 7.85. The zero-order valence-electron chi connectivity index (χ0n) is 13.9. The van der Waals surface area contributed by atoms with E-state index in [2.05, 4.69) is 5.32 Å². The van der Waals surface area contributed by atoms with Gasteiger partial charge in [-0.1, -0.05) is 29.3 Å². The van der Waals surface area contributed by atoms with Crippen LogP contribution >= 0.6 is 23.2 Å². The number of aromatic hydroxyl groups is 1. The van der Waals surface area contributed by atoms with Crippen LogP contribution in [-0.4, -0.2) is 27.4 Å². The van der Waals surface area contributed by atoms with E-state index in [1.165, 1.54) is 43.3 Å². The van der Waals surface area contributed by atoms with Crippen molar-refractivity contribution in [3.63, 3.8) is 0 Å². The minimum absolute atomic E-state index is 0.150. The van der Waals surface area contributed by atoms with Crippen LogP contribution in [-0.2, 0) is 0 Å². The Morgan fingerprint density at radius 1 is 1.11 bits per heavy atom. The van der Waals surface area contributed by atoms with Crippen molar-refractivity contribution in [3.05, 3.63) is 57.6 Å². The third-order valence-corrected chi connectivity index (χ3v) is 4.52. The second kappa shape index (κ2) is 6.94. The molecule has 0 saturated heterocycles. The van der Waals surface area contributed by atoms with Crippen LogP contribution in [0, 0.1) is 0 Å². The first-order valence-electron chi connectivity index (χ1n) is 7.65. The van der Waals surface area contributed by atoms with Crippen molar-refractivity contribution in [2.24, 2.45) is 5.73 Å². The molecule has 0 aliphatic rings. The lowest BCUT2D eigenvalue weighted by atomic mass is 10.1. The Labute approximate surface area is 163 Å². The Kier molecular flexibility index (Phi) is 4.82. The summed E-state index contributed by atoms with van der Waals surface area (Å²) in [7, 11) is 0. The number of nitrogens with one attached hydrogen (secondary N) is 1. The maximum atomic E-state index is 12.7. The predicted octanol–water partition coefficient (Wildman–Crippen LogP) is 4.04. The predicted molar refractivity (Wildman–Crippen MR) is 103 cm³/mol. The number of hydrogen-bond acceptors (Lipinski definition) is 4. The molecular weight excluding hydrogens is 393 g/mol. The van der Waals surface area contributed by atoms with Gasteiger partial charge in [-0.05, 0) is 37.3 Å². The number of ketones is 1. The van der Waals surface area contributed by atoms with Crippen LogP contribution in [0.2, 0.25) is 10.0 Å². The van der Waals surface area contributed by atoms with Gasteiger partial charge in [-0.25, -0.2) is 9.36 Å². The van der Waals surface area contributed by atoms with E-state index in [0.29, 0.717) is 10.6 Å². The normalized spacial score (nSPS) is 10.8. The molecule has 2 amide bonds. The molecule has 9 heteroatoms. The number of carbonyl (C=O) groups excluding carboxylic acids is 3. The van der Waals surface area contributed by atoms with Gasteiger partial charge >= 0.3 is 6.03 Å². The lowest BCUT2D eigenvalue weighted by Gasteiger charge is -2.08. The highest BCUT2D eigenvalue weighted by atomic mass is 35.5. The van der Waals surface area contributed by atoms with Crippen molar-refractivity contribution in [3.8, 4) is 5.88 Å².